The molecule has 1 aromatic heterocycles. The van der Waals surface area contributed by atoms with Crippen LogP contribution in [0.4, 0.5) is 16.4 Å². The third-order valence-corrected chi connectivity index (χ3v) is 6.53. The molecule has 1 aromatic carbocycles. The fourth-order valence-corrected chi connectivity index (χ4v) is 5.25. The zero-order valence-electron chi connectivity index (χ0n) is 15.4. The number of carbonyl (C=O) groups excluding carboxylic acids is 1. The molecule has 6 heteroatoms. The molecule has 2 heterocycles. The number of anilines is 3. The highest BCUT2D eigenvalue weighted by Crippen LogP contribution is 2.38. The first-order chi connectivity index (χ1) is 13.3. The number of nitrogens with one attached hydrogen (secondary N) is 2. The van der Waals surface area contributed by atoms with Crippen LogP contribution < -0.4 is 15.5 Å². The molecule has 0 bridgehead atoms. The van der Waals surface area contributed by atoms with E-state index in [1.165, 1.54) is 24.1 Å². The molecule has 1 fully saturated rings. The maximum absolute atomic E-state index is 12.5. The van der Waals surface area contributed by atoms with Crippen molar-refractivity contribution in [2.45, 2.75) is 38.5 Å². The molecule has 1 aliphatic heterocycles. The van der Waals surface area contributed by atoms with E-state index in [0.717, 1.165) is 49.3 Å². The Hall–Kier alpha value is -2.52. The zero-order valence-corrected chi connectivity index (χ0v) is 16.2. The third kappa shape index (κ3) is 3.79. The van der Waals surface area contributed by atoms with E-state index in [1.807, 2.05) is 18.2 Å². The minimum absolute atomic E-state index is 0.111. The molecule has 2 N–H and O–H groups in total. The predicted molar refractivity (Wildman–Crippen MR) is 111 cm³/mol. The van der Waals surface area contributed by atoms with E-state index in [9.17, 15) is 10.1 Å². The van der Waals surface area contributed by atoms with Crippen LogP contribution in [0.15, 0.2) is 24.3 Å². The second-order valence-electron chi connectivity index (χ2n) is 7.14. The second-order valence-corrected chi connectivity index (χ2v) is 8.25. The first kappa shape index (κ1) is 17.9. The topological polar surface area (TPSA) is 68.2 Å². The molecular weight excluding hydrogens is 356 g/mol. The fraction of sp³-hybridized carbons (Fsp3) is 0.429. The number of hydrogen-bond donors (Lipinski definition) is 2. The first-order valence-electron chi connectivity index (χ1n) is 9.68. The predicted octanol–water partition coefficient (Wildman–Crippen LogP) is 4.15. The number of hydrogen-bond acceptors (Lipinski definition) is 5. The standard InChI is InChI=1S/C21H24N4OS/c22-13-16-15-7-6-10-19(15)27-21(16)24-20(26)14-23-17-8-2-3-9-18(17)25-11-4-1-5-12-25/h2-3,8-9,23H,1,4-7,10-12,14H2,(H,24,26). The number of fused-ring (bicyclic) bond motifs is 1. The third-order valence-electron chi connectivity index (χ3n) is 5.33. The summed E-state index contributed by atoms with van der Waals surface area (Å²) in [6.07, 6.45) is 6.81. The van der Waals surface area contributed by atoms with Gasteiger partial charge >= 0.3 is 0 Å². The maximum atomic E-state index is 12.5. The van der Waals surface area contributed by atoms with Crippen molar-refractivity contribution in [1.82, 2.24) is 0 Å². The summed E-state index contributed by atoms with van der Waals surface area (Å²) in [5.41, 5.74) is 3.96. The Labute approximate surface area is 164 Å². The van der Waals surface area contributed by atoms with Crippen molar-refractivity contribution >= 4 is 33.6 Å². The van der Waals surface area contributed by atoms with Gasteiger partial charge in [0, 0.05) is 18.0 Å². The van der Waals surface area contributed by atoms with E-state index in [0.29, 0.717) is 10.6 Å². The van der Waals surface area contributed by atoms with Crippen LogP contribution in [0.25, 0.3) is 0 Å². The van der Waals surface area contributed by atoms with Crippen LogP contribution in [-0.4, -0.2) is 25.5 Å². The van der Waals surface area contributed by atoms with Crippen LogP contribution in [0.2, 0.25) is 0 Å². The molecule has 0 atom stereocenters. The summed E-state index contributed by atoms with van der Waals surface area (Å²) in [7, 11) is 0. The number of nitrogens with zero attached hydrogens (tertiary/aromatic N) is 2. The average Bonchev–Trinajstić information content (AvgIpc) is 3.28. The number of amides is 1. The van der Waals surface area contributed by atoms with Crippen molar-refractivity contribution in [2.24, 2.45) is 0 Å². The minimum Gasteiger partial charge on any atom is -0.374 e. The number of benzene rings is 1. The number of thiophene rings is 1. The Kier molecular flexibility index (Phi) is 5.30. The lowest BCUT2D eigenvalue weighted by atomic mass is 10.1. The molecule has 27 heavy (non-hydrogen) atoms. The van der Waals surface area contributed by atoms with Crippen LogP contribution in [0.5, 0.6) is 0 Å². The van der Waals surface area contributed by atoms with Crippen LogP contribution in [0.3, 0.4) is 0 Å². The molecule has 2 aliphatic rings. The van der Waals surface area contributed by atoms with Gasteiger partial charge in [0.25, 0.3) is 0 Å². The van der Waals surface area contributed by atoms with Crippen LogP contribution >= 0.6 is 11.3 Å². The monoisotopic (exact) mass is 380 g/mol. The van der Waals surface area contributed by atoms with Gasteiger partial charge in [-0.25, -0.2) is 0 Å². The van der Waals surface area contributed by atoms with Gasteiger partial charge in [-0.3, -0.25) is 4.79 Å². The van der Waals surface area contributed by atoms with Crippen molar-refractivity contribution < 1.29 is 4.79 Å². The van der Waals surface area contributed by atoms with E-state index in [-0.39, 0.29) is 12.5 Å². The second kappa shape index (κ2) is 8.01. The summed E-state index contributed by atoms with van der Waals surface area (Å²) in [5, 5.41) is 16.4. The molecule has 5 nitrogen and oxygen atoms in total. The summed E-state index contributed by atoms with van der Waals surface area (Å²) in [6.45, 7) is 2.33. The summed E-state index contributed by atoms with van der Waals surface area (Å²) in [4.78, 5) is 16.1. The number of para-hydroxylation sites is 2. The lowest BCUT2D eigenvalue weighted by Gasteiger charge is -2.30. The van der Waals surface area contributed by atoms with E-state index >= 15 is 0 Å². The Balaban J connectivity index is 1.41. The minimum atomic E-state index is -0.111. The van der Waals surface area contributed by atoms with Crippen molar-refractivity contribution in [3.05, 3.63) is 40.3 Å². The van der Waals surface area contributed by atoms with Gasteiger partial charge in [0.1, 0.15) is 11.1 Å². The highest BCUT2D eigenvalue weighted by molar-refractivity contribution is 7.16. The largest absolute Gasteiger partial charge is 0.374 e. The smallest absolute Gasteiger partial charge is 0.244 e. The average molecular weight is 381 g/mol. The Morgan fingerprint density at radius 2 is 1.96 bits per heavy atom. The van der Waals surface area contributed by atoms with Crippen molar-refractivity contribution in [3.8, 4) is 6.07 Å². The Morgan fingerprint density at radius 3 is 2.78 bits per heavy atom. The van der Waals surface area contributed by atoms with Crippen LogP contribution in [0, 0.1) is 11.3 Å². The lowest BCUT2D eigenvalue weighted by molar-refractivity contribution is -0.114. The molecule has 1 amide bonds. The highest BCUT2D eigenvalue weighted by atomic mass is 32.1. The summed E-state index contributed by atoms with van der Waals surface area (Å²) < 4.78 is 0. The number of aryl methyl sites for hydroxylation is 1. The number of carbonyl (C=O) groups is 1. The quantitative estimate of drug-likeness (QED) is 0.818. The number of nitriles is 1. The van der Waals surface area contributed by atoms with Gasteiger partial charge in [-0.1, -0.05) is 12.1 Å². The fourth-order valence-electron chi connectivity index (χ4n) is 3.99. The van der Waals surface area contributed by atoms with Gasteiger partial charge in [-0.2, -0.15) is 5.26 Å². The molecular formula is C21H24N4OS. The Morgan fingerprint density at radius 1 is 1.15 bits per heavy atom. The van der Waals surface area contributed by atoms with Gasteiger partial charge in [0.05, 0.1) is 23.5 Å². The SMILES string of the molecule is N#Cc1c(NC(=O)CNc2ccccc2N2CCCCC2)sc2c1CCC2. The maximum Gasteiger partial charge on any atom is 0.244 e. The molecule has 4 rings (SSSR count). The molecule has 1 saturated heterocycles. The number of piperidine rings is 1. The molecule has 0 unspecified atom stereocenters. The van der Waals surface area contributed by atoms with Crippen LogP contribution in [0.1, 0.15) is 41.7 Å². The summed E-state index contributed by atoms with van der Waals surface area (Å²) >= 11 is 1.56. The van der Waals surface area contributed by atoms with Crippen molar-refractivity contribution in [3.63, 3.8) is 0 Å². The molecule has 0 radical (unpaired) electrons. The number of rotatable bonds is 5. The van der Waals surface area contributed by atoms with E-state index in [2.05, 4.69) is 27.7 Å². The molecule has 140 valence electrons. The van der Waals surface area contributed by atoms with E-state index in [1.54, 1.807) is 11.3 Å². The normalized spacial score (nSPS) is 15.9. The molecule has 0 saturated carbocycles. The van der Waals surface area contributed by atoms with E-state index in [4.69, 9.17) is 0 Å². The van der Waals surface area contributed by atoms with Gasteiger partial charge in [0.15, 0.2) is 0 Å². The summed E-state index contributed by atoms with van der Waals surface area (Å²) in [6, 6.07) is 10.5. The van der Waals surface area contributed by atoms with Crippen LogP contribution in [-0.2, 0) is 17.6 Å². The molecule has 1 aliphatic carbocycles. The highest BCUT2D eigenvalue weighted by Gasteiger charge is 2.23. The lowest BCUT2D eigenvalue weighted by Crippen LogP contribution is -2.30. The zero-order chi connectivity index (χ0) is 18.6. The van der Waals surface area contributed by atoms with Crippen molar-refractivity contribution in [2.75, 3.05) is 35.2 Å². The Bertz CT molecular complexity index is 877. The summed E-state index contributed by atoms with van der Waals surface area (Å²) in [5.74, 6) is -0.111. The van der Waals surface area contributed by atoms with Gasteiger partial charge in [-0.05, 0) is 56.2 Å². The molecule has 0 spiro atoms. The van der Waals surface area contributed by atoms with Gasteiger partial charge in [-0.15, -0.1) is 11.3 Å². The first-order valence-corrected chi connectivity index (χ1v) is 10.5. The van der Waals surface area contributed by atoms with Gasteiger partial charge < -0.3 is 15.5 Å². The molecule has 2 aromatic rings. The van der Waals surface area contributed by atoms with Crippen molar-refractivity contribution in [1.29, 1.82) is 5.26 Å². The van der Waals surface area contributed by atoms with Gasteiger partial charge in [0.2, 0.25) is 5.91 Å². The van der Waals surface area contributed by atoms with E-state index < -0.39 is 0 Å².